The van der Waals surface area contributed by atoms with Gasteiger partial charge in [0, 0.05) is 5.56 Å². The smallest absolute Gasteiger partial charge is 0.271 e. The summed E-state index contributed by atoms with van der Waals surface area (Å²) in [5.74, 6) is 1.03. The SMILES string of the molecule is CCOc1ccc(C(=O)N/N=C/c2cc(Cl)c(OC)c(Cl)c2)cc1OC. The Labute approximate surface area is 161 Å². The number of hydrazone groups is 1. The minimum atomic E-state index is -0.395. The quantitative estimate of drug-likeness (QED) is 0.562. The van der Waals surface area contributed by atoms with Gasteiger partial charge in [-0.05, 0) is 42.8 Å². The standard InChI is InChI=1S/C18H18Cl2N2O4/c1-4-26-15-6-5-12(9-16(15)24-2)18(23)22-21-10-11-7-13(19)17(25-3)14(20)8-11/h5-10H,4H2,1-3H3,(H,22,23)/b21-10+. The van der Waals surface area contributed by atoms with Crippen molar-refractivity contribution in [1.29, 1.82) is 0 Å². The van der Waals surface area contributed by atoms with Crippen LogP contribution in [0.3, 0.4) is 0 Å². The number of amides is 1. The van der Waals surface area contributed by atoms with Crippen molar-refractivity contribution in [2.45, 2.75) is 6.92 Å². The summed E-state index contributed by atoms with van der Waals surface area (Å²) in [5, 5.41) is 4.62. The highest BCUT2D eigenvalue weighted by atomic mass is 35.5. The van der Waals surface area contributed by atoms with Crippen molar-refractivity contribution in [2.24, 2.45) is 5.10 Å². The first-order chi connectivity index (χ1) is 12.5. The zero-order valence-corrected chi connectivity index (χ0v) is 16.0. The molecule has 0 aromatic heterocycles. The van der Waals surface area contributed by atoms with E-state index in [1.54, 1.807) is 30.3 Å². The first-order valence-corrected chi connectivity index (χ1v) is 8.43. The van der Waals surface area contributed by atoms with Gasteiger partial charge < -0.3 is 14.2 Å². The van der Waals surface area contributed by atoms with E-state index in [2.05, 4.69) is 10.5 Å². The average molecular weight is 397 g/mol. The minimum absolute atomic E-state index is 0.351. The molecule has 1 amide bonds. The van der Waals surface area contributed by atoms with E-state index in [0.717, 1.165) is 0 Å². The molecule has 138 valence electrons. The third-order valence-corrected chi connectivity index (χ3v) is 3.89. The molecule has 0 atom stereocenters. The molecule has 26 heavy (non-hydrogen) atoms. The monoisotopic (exact) mass is 396 g/mol. The van der Waals surface area contributed by atoms with Crippen LogP contribution in [0, 0.1) is 0 Å². The normalized spacial score (nSPS) is 10.7. The van der Waals surface area contributed by atoms with E-state index in [1.165, 1.54) is 20.4 Å². The fourth-order valence-corrected chi connectivity index (χ4v) is 2.82. The second-order valence-electron chi connectivity index (χ2n) is 5.02. The van der Waals surface area contributed by atoms with Crippen LogP contribution < -0.4 is 19.6 Å². The van der Waals surface area contributed by atoms with Crippen molar-refractivity contribution in [3.05, 3.63) is 51.5 Å². The molecule has 0 spiro atoms. The summed E-state index contributed by atoms with van der Waals surface area (Å²) >= 11 is 12.1. The van der Waals surface area contributed by atoms with Crippen LogP contribution in [0.25, 0.3) is 0 Å². The highest BCUT2D eigenvalue weighted by Gasteiger charge is 2.11. The number of hydrogen-bond donors (Lipinski definition) is 1. The van der Waals surface area contributed by atoms with Crippen LogP contribution in [-0.4, -0.2) is 32.9 Å². The lowest BCUT2D eigenvalue weighted by Crippen LogP contribution is -2.17. The number of carbonyl (C=O) groups excluding carboxylic acids is 1. The third-order valence-electron chi connectivity index (χ3n) is 3.33. The van der Waals surface area contributed by atoms with Crippen LogP contribution >= 0.6 is 23.2 Å². The summed E-state index contributed by atoms with van der Waals surface area (Å²) in [4.78, 5) is 12.2. The summed E-state index contributed by atoms with van der Waals surface area (Å²) in [6, 6.07) is 8.13. The Morgan fingerprint density at radius 3 is 2.38 bits per heavy atom. The number of benzene rings is 2. The van der Waals surface area contributed by atoms with Crippen LogP contribution in [0.1, 0.15) is 22.8 Å². The number of hydrogen-bond acceptors (Lipinski definition) is 5. The van der Waals surface area contributed by atoms with E-state index < -0.39 is 5.91 Å². The molecule has 0 bridgehead atoms. The van der Waals surface area contributed by atoms with E-state index in [4.69, 9.17) is 37.4 Å². The Morgan fingerprint density at radius 2 is 1.81 bits per heavy atom. The first kappa shape index (κ1) is 19.9. The Morgan fingerprint density at radius 1 is 1.12 bits per heavy atom. The molecular formula is C18H18Cl2N2O4. The summed E-state index contributed by atoms with van der Waals surface area (Å²) in [7, 11) is 2.99. The molecule has 2 aromatic rings. The van der Waals surface area contributed by atoms with E-state index in [-0.39, 0.29) is 0 Å². The largest absolute Gasteiger partial charge is 0.494 e. The number of methoxy groups -OCH3 is 2. The molecule has 8 heteroatoms. The molecule has 0 heterocycles. The lowest BCUT2D eigenvalue weighted by molar-refractivity contribution is 0.0954. The van der Waals surface area contributed by atoms with Crippen LogP contribution in [0.2, 0.25) is 10.0 Å². The molecule has 0 fully saturated rings. The average Bonchev–Trinajstić information content (AvgIpc) is 2.62. The summed E-state index contributed by atoms with van der Waals surface area (Å²) < 4.78 is 15.7. The molecule has 2 rings (SSSR count). The van der Waals surface area contributed by atoms with E-state index in [9.17, 15) is 4.79 Å². The maximum absolute atomic E-state index is 12.2. The van der Waals surface area contributed by atoms with Gasteiger partial charge in [0.25, 0.3) is 5.91 Å². The molecule has 0 aliphatic carbocycles. The molecule has 0 unspecified atom stereocenters. The lowest BCUT2D eigenvalue weighted by Gasteiger charge is -2.10. The number of nitrogens with one attached hydrogen (secondary N) is 1. The zero-order valence-electron chi connectivity index (χ0n) is 14.5. The van der Waals surface area contributed by atoms with Crippen molar-refractivity contribution < 1.29 is 19.0 Å². The van der Waals surface area contributed by atoms with Crippen LogP contribution in [0.5, 0.6) is 17.2 Å². The Hall–Kier alpha value is -2.44. The molecule has 0 saturated heterocycles. The first-order valence-electron chi connectivity index (χ1n) is 7.67. The summed E-state index contributed by atoms with van der Waals surface area (Å²) in [6.07, 6.45) is 1.43. The van der Waals surface area contributed by atoms with Gasteiger partial charge in [-0.2, -0.15) is 5.10 Å². The highest BCUT2D eigenvalue weighted by Crippen LogP contribution is 2.33. The van der Waals surface area contributed by atoms with Crippen molar-refractivity contribution >= 4 is 35.3 Å². The molecule has 0 aliphatic heterocycles. The fourth-order valence-electron chi connectivity index (χ4n) is 2.16. The van der Waals surface area contributed by atoms with E-state index >= 15 is 0 Å². The van der Waals surface area contributed by atoms with E-state index in [1.807, 2.05) is 6.92 Å². The lowest BCUT2D eigenvalue weighted by atomic mass is 10.2. The zero-order chi connectivity index (χ0) is 19.1. The van der Waals surface area contributed by atoms with Gasteiger partial charge in [-0.25, -0.2) is 5.43 Å². The Bertz CT molecular complexity index is 802. The molecular weight excluding hydrogens is 379 g/mol. The highest BCUT2D eigenvalue weighted by molar-refractivity contribution is 6.37. The molecule has 0 aliphatic rings. The summed E-state index contributed by atoms with van der Waals surface area (Å²) in [5.41, 5.74) is 3.43. The number of ether oxygens (including phenoxy) is 3. The van der Waals surface area contributed by atoms with Gasteiger partial charge in [-0.3, -0.25) is 4.79 Å². The van der Waals surface area contributed by atoms with Crippen LogP contribution in [0.15, 0.2) is 35.4 Å². The number of nitrogens with zero attached hydrogens (tertiary/aromatic N) is 1. The third kappa shape index (κ3) is 4.80. The predicted octanol–water partition coefficient (Wildman–Crippen LogP) is 4.17. The number of carbonyl (C=O) groups is 1. The van der Waals surface area contributed by atoms with Gasteiger partial charge in [0.2, 0.25) is 0 Å². The predicted molar refractivity (Wildman–Crippen MR) is 102 cm³/mol. The number of rotatable bonds is 7. The molecule has 2 aromatic carbocycles. The molecule has 6 nitrogen and oxygen atoms in total. The second kappa shape index (κ2) is 9.31. The van der Waals surface area contributed by atoms with Crippen molar-refractivity contribution in [3.8, 4) is 17.2 Å². The fraction of sp³-hybridized carbons (Fsp3) is 0.222. The van der Waals surface area contributed by atoms with Crippen molar-refractivity contribution in [3.63, 3.8) is 0 Å². The summed E-state index contributed by atoms with van der Waals surface area (Å²) in [6.45, 7) is 2.37. The molecule has 1 N–H and O–H groups in total. The van der Waals surface area contributed by atoms with Gasteiger partial charge in [-0.15, -0.1) is 0 Å². The maximum Gasteiger partial charge on any atom is 0.271 e. The molecule has 0 saturated carbocycles. The minimum Gasteiger partial charge on any atom is -0.494 e. The van der Waals surface area contributed by atoms with Gasteiger partial charge in [0.05, 0.1) is 37.1 Å². The van der Waals surface area contributed by atoms with Crippen LogP contribution in [-0.2, 0) is 0 Å². The van der Waals surface area contributed by atoms with Gasteiger partial charge in [0.15, 0.2) is 17.2 Å². The van der Waals surface area contributed by atoms with Crippen molar-refractivity contribution in [1.82, 2.24) is 5.43 Å². The van der Waals surface area contributed by atoms with E-state index in [0.29, 0.717) is 45.0 Å². The Kier molecular flexibility index (Phi) is 7.12. The van der Waals surface area contributed by atoms with Crippen LogP contribution in [0.4, 0.5) is 0 Å². The number of halogens is 2. The van der Waals surface area contributed by atoms with Crippen molar-refractivity contribution in [2.75, 3.05) is 20.8 Å². The Balaban J connectivity index is 2.10. The van der Waals surface area contributed by atoms with Gasteiger partial charge in [-0.1, -0.05) is 23.2 Å². The topological polar surface area (TPSA) is 69.2 Å². The second-order valence-corrected chi connectivity index (χ2v) is 5.83. The maximum atomic E-state index is 12.2. The van der Waals surface area contributed by atoms with Gasteiger partial charge >= 0.3 is 0 Å². The molecule has 0 radical (unpaired) electrons. The van der Waals surface area contributed by atoms with Gasteiger partial charge in [0.1, 0.15) is 0 Å².